The SMILES string of the molecule is CCOC(=O)CN(C)c1nc(C)cc(C(N)=S)n1. The molecule has 0 radical (unpaired) electrons. The van der Waals surface area contributed by atoms with Crippen molar-refractivity contribution >= 4 is 29.1 Å². The number of aryl methyl sites for hydroxylation is 1. The number of hydrogen-bond acceptors (Lipinski definition) is 6. The van der Waals surface area contributed by atoms with Gasteiger partial charge < -0.3 is 15.4 Å². The van der Waals surface area contributed by atoms with Crippen molar-refractivity contribution < 1.29 is 9.53 Å². The lowest BCUT2D eigenvalue weighted by Gasteiger charge is -2.16. The maximum Gasteiger partial charge on any atom is 0.325 e. The number of thiocarbonyl (C=S) groups is 1. The second kappa shape index (κ2) is 6.25. The van der Waals surface area contributed by atoms with Gasteiger partial charge in [-0.1, -0.05) is 12.2 Å². The number of hydrogen-bond donors (Lipinski definition) is 1. The Morgan fingerprint density at radius 3 is 2.78 bits per heavy atom. The lowest BCUT2D eigenvalue weighted by Crippen LogP contribution is -2.29. The summed E-state index contributed by atoms with van der Waals surface area (Å²) in [6, 6.07) is 1.70. The number of carbonyl (C=O) groups is 1. The molecule has 1 aromatic heterocycles. The van der Waals surface area contributed by atoms with E-state index in [0.29, 0.717) is 18.2 Å². The minimum absolute atomic E-state index is 0.0774. The molecule has 0 unspecified atom stereocenters. The van der Waals surface area contributed by atoms with Crippen LogP contribution >= 0.6 is 12.2 Å². The smallest absolute Gasteiger partial charge is 0.325 e. The fourth-order valence-electron chi connectivity index (χ4n) is 1.32. The largest absolute Gasteiger partial charge is 0.465 e. The molecule has 0 aliphatic heterocycles. The average molecular weight is 268 g/mol. The molecule has 7 heteroatoms. The van der Waals surface area contributed by atoms with E-state index >= 15 is 0 Å². The van der Waals surface area contributed by atoms with Crippen LogP contribution < -0.4 is 10.6 Å². The monoisotopic (exact) mass is 268 g/mol. The van der Waals surface area contributed by atoms with Gasteiger partial charge in [0.1, 0.15) is 17.2 Å². The van der Waals surface area contributed by atoms with Crippen LogP contribution in [0.1, 0.15) is 18.3 Å². The van der Waals surface area contributed by atoms with E-state index in [9.17, 15) is 4.79 Å². The first-order valence-corrected chi connectivity index (χ1v) is 5.87. The Labute approximate surface area is 111 Å². The van der Waals surface area contributed by atoms with Crippen molar-refractivity contribution in [1.29, 1.82) is 0 Å². The second-order valence-electron chi connectivity index (χ2n) is 3.72. The van der Waals surface area contributed by atoms with Crippen LogP contribution in [0.4, 0.5) is 5.95 Å². The van der Waals surface area contributed by atoms with Crippen molar-refractivity contribution in [3.8, 4) is 0 Å². The molecule has 0 saturated heterocycles. The molecule has 0 saturated carbocycles. The maximum atomic E-state index is 11.4. The van der Waals surface area contributed by atoms with E-state index in [4.69, 9.17) is 22.7 Å². The van der Waals surface area contributed by atoms with Crippen LogP contribution in [0.5, 0.6) is 0 Å². The van der Waals surface area contributed by atoms with Crippen molar-refractivity contribution in [2.24, 2.45) is 5.73 Å². The first-order valence-electron chi connectivity index (χ1n) is 5.46. The van der Waals surface area contributed by atoms with E-state index in [-0.39, 0.29) is 17.5 Å². The molecule has 18 heavy (non-hydrogen) atoms. The Morgan fingerprint density at radius 2 is 2.22 bits per heavy atom. The van der Waals surface area contributed by atoms with Gasteiger partial charge in [0.15, 0.2) is 0 Å². The van der Waals surface area contributed by atoms with Crippen molar-refractivity contribution in [2.75, 3.05) is 25.1 Å². The summed E-state index contributed by atoms with van der Waals surface area (Å²) >= 11 is 4.87. The number of likely N-dealkylation sites (N-methyl/N-ethyl adjacent to an activating group) is 1. The summed E-state index contributed by atoms with van der Waals surface area (Å²) in [4.78, 5) is 21.6. The van der Waals surface area contributed by atoms with Crippen LogP contribution in [0.3, 0.4) is 0 Å². The number of anilines is 1. The quantitative estimate of drug-likeness (QED) is 0.612. The van der Waals surface area contributed by atoms with E-state index in [1.807, 2.05) is 6.92 Å². The molecule has 0 aliphatic carbocycles. The van der Waals surface area contributed by atoms with E-state index < -0.39 is 0 Å². The fraction of sp³-hybridized carbons (Fsp3) is 0.455. The molecule has 1 aromatic rings. The Balaban J connectivity index is 2.88. The van der Waals surface area contributed by atoms with Gasteiger partial charge in [0.25, 0.3) is 0 Å². The average Bonchev–Trinajstić information content (AvgIpc) is 2.28. The third-order valence-electron chi connectivity index (χ3n) is 2.11. The highest BCUT2D eigenvalue weighted by molar-refractivity contribution is 7.80. The highest BCUT2D eigenvalue weighted by atomic mass is 32.1. The van der Waals surface area contributed by atoms with Gasteiger partial charge in [-0.3, -0.25) is 4.79 Å². The van der Waals surface area contributed by atoms with E-state index in [1.165, 1.54) is 0 Å². The van der Waals surface area contributed by atoms with Gasteiger partial charge >= 0.3 is 5.97 Å². The van der Waals surface area contributed by atoms with E-state index in [2.05, 4.69) is 9.97 Å². The van der Waals surface area contributed by atoms with Gasteiger partial charge in [0, 0.05) is 12.7 Å². The molecule has 0 spiro atoms. The number of nitrogens with two attached hydrogens (primary N) is 1. The van der Waals surface area contributed by atoms with E-state index in [0.717, 1.165) is 5.69 Å². The van der Waals surface area contributed by atoms with Gasteiger partial charge in [-0.15, -0.1) is 0 Å². The summed E-state index contributed by atoms with van der Waals surface area (Å²) in [5, 5.41) is 0. The van der Waals surface area contributed by atoms with Gasteiger partial charge in [0.05, 0.1) is 6.61 Å². The van der Waals surface area contributed by atoms with Crippen LogP contribution in [0.25, 0.3) is 0 Å². The van der Waals surface area contributed by atoms with Crippen molar-refractivity contribution in [3.05, 3.63) is 17.5 Å². The first-order chi connectivity index (χ1) is 8.43. The fourth-order valence-corrected chi connectivity index (χ4v) is 1.43. The molecule has 6 nitrogen and oxygen atoms in total. The van der Waals surface area contributed by atoms with Crippen LogP contribution in [0.15, 0.2) is 6.07 Å². The number of esters is 1. The number of ether oxygens (including phenoxy) is 1. The van der Waals surface area contributed by atoms with Crippen molar-refractivity contribution in [2.45, 2.75) is 13.8 Å². The molecule has 0 atom stereocenters. The highest BCUT2D eigenvalue weighted by Crippen LogP contribution is 2.08. The van der Waals surface area contributed by atoms with Gasteiger partial charge in [-0.2, -0.15) is 0 Å². The zero-order valence-electron chi connectivity index (χ0n) is 10.6. The normalized spacial score (nSPS) is 9.94. The molecule has 0 bridgehead atoms. The van der Waals surface area contributed by atoms with Crippen LogP contribution in [-0.4, -0.2) is 41.1 Å². The molecule has 0 aromatic carbocycles. The topological polar surface area (TPSA) is 81.3 Å². The van der Waals surface area contributed by atoms with E-state index in [1.54, 1.807) is 24.9 Å². The number of carbonyl (C=O) groups excluding carboxylic acids is 1. The predicted molar refractivity (Wildman–Crippen MR) is 72.6 cm³/mol. The lowest BCUT2D eigenvalue weighted by atomic mass is 10.3. The summed E-state index contributed by atoms with van der Waals surface area (Å²) < 4.78 is 4.86. The molecule has 0 fully saturated rings. The lowest BCUT2D eigenvalue weighted by molar-refractivity contribution is -0.141. The van der Waals surface area contributed by atoms with Gasteiger partial charge in [-0.25, -0.2) is 9.97 Å². The summed E-state index contributed by atoms with van der Waals surface area (Å²) in [7, 11) is 1.70. The molecule has 1 heterocycles. The Bertz CT molecular complexity index is 464. The Kier molecular flexibility index (Phi) is 4.96. The number of aromatic nitrogens is 2. The van der Waals surface area contributed by atoms with Crippen LogP contribution in [0, 0.1) is 6.92 Å². The molecular weight excluding hydrogens is 252 g/mol. The maximum absolute atomic E-state index is 11.4. The summed E-state index contributed by atoms with van der Waals surface area (Å²) in [5.41, 5.74) is 6.76. The third kappa shape index (κ3) is 3.92. The number of rotatable bonds is 5. The molecule has 0 aliphatic rings. The first kappa shape index (κ1) is 14.3. The Hall–Kier alpha value is -1.76. The van der Waals surface area contributed by atoms with Crippen molar-refractivity contribution in [1.82, 2.24) is 9.97 Å². The minimum Gasteiger partial charge on any atom is -0.465 e. The zero-order valence-corrected chi connectivity index (χ0v) is 11.5. The third-order valence-corrected chi connectivity index (χ3v) is 2.32. The minimum atomic E-state index is -0.331. The summed E-state index contributed by atoms with van der Waals surface area (Å²) in [5.74, 6) is 0.0628. The van der Waals surface area contributed by atoms with Gasteiger partial charge in [0.2, 0.25) is 5.95 Å². The standard InChI is InChI=1S/C11H16N4O2S/c1-4-17-9(16)6-15(3)11-13-7(2)5-8(14-11)10(12)18/h5H,4,6H2,1-3H3,(H2,12,18). The van der Waals surface area contributed by atoms with Crippen molar-refractivity contribution in [3.63, 3.8) is 0 Å². The highest BCUT2D eigenvalue weighted by Gasteiger charge is 2.12. The predicted octanol–water partition coefficient (Wildman–Crippen LogP) is 0.419. The molecule has 2 N–H and O–H groups in total. The Morgan fingerprint density at radius 1 is 1.56 bits per heavy atom. The van der Waals surface area contributed by atoms with Crippen LogP contribution in [0.2, 0.25) is 0 Å². The molecule has 98 valence electrons. The zero-order chi connectivity index (χ0) is 13.7. The summed E-state index contributed by atoms with van der Waals surface area (Å²) in [6.07, 6.45) is 0. The number of nitrogens with zero attached hydrogens (tertiary/aromatic N) is 3. The summed E-state index contributed by atoms with van der Waals surface area (Å²) in [6.45, 7) is 3.99. The second-order valence-corrected chi connectivity index (χ2v) is 4.16. The van der Waals surface area contributed by atoms with Crippen LogP contribution in [-0.2, 0) is 9.53 Å². The molecular formula is C11H16N4O2S. The molecule has 1 rings (SSSR count). The van der Waals surface area contributed by atoms with Gasteiger partial charge in [-0.05, 0) is 19.9 Å². The molecule has 0 amide bonds.